The van der Waals surface area contributed by atoms with Gasteiger partial charge in [-0.25, -0.2) is 14.6 Å². The molecule has 0 aromatic heterocycles. The molecule has 1 atom stereocenters. The summed E-state index contributed by atoms with van der Waals surface area (Å²) < 4.78 is 4.89. The van der Waals surface area contributed by atoms with E-state index in [9.17, 15) is 14.4 Å². The molecule has 0 aliphatic carbocycles. The number of ether oxygens (including phenoxy) is 1. The van der Waals surface area contributed by atoms with E-state index < -0.39 is 23.0 Å². The molecule has 0 aliphatic rings. The van der Waals surface area contributed by atoms with Gasteiger partial charge in [-0.15, -0.1) is 0 Å². The highest BCUT2D eigenvalue weighted by atomic mass is 17.2. The first-order valence-corrected chi connectivity index (χ1v) is 6.59. The molecule has 116 valence electrons. The van der Waals surface area contributed by atoms with Crippen LogP contribution in [0.2, 0.25) is 0 Å². The molecule has 0 saturated heterocycles. The summed E-state index contributed by atoms with van der Waals surface area (Å²) >= 11 is 0. The van der Waals surface area contributed by atoms with E-state index in [0.29, 0.717) is 0 Å². The number of rotatable bonds is 8. The molecule has 0 fully saturated rings. The van der Waals surface area contributed by atoms with Crippen molar-refractivity contribution >= 4 is 17.5 Å². The van der Waals surface area contributed by atoms with Crippen LogP contribution in [-0.2, 0) is 28.9 Å². The Morgan fingerprint density at radius 1 is 1.00 bits per heavy atom. The van der Waals surface area contributed by atoms with Crippen LogP contribution >= 0.6 is 0 Å². The molecule has 20 heavy (non-hydrogen) atoms. The molecule has 0 bridgehead atoms. The molecule has 0 heterocycles. The maximum atomic E-state index is 12.1. The summed E-state index contributed by atoms with van der Waals surface area (Å²) in [7, 11) is 0. The zero-order valence-corrected chi connectivity index (χ0v) is 13.1. The van der Waals surface area contributed by atoms with Crippen LogP contribution in [0.25, 0.3) is 0 Å². The van der Waals surface area contributed by atoms with Crippen molar-refractivity contribution in [1.82, 2.24) is 0 Å². The second kappa shape index (κ2) is 7.50. The Hall–Kier alpha value is -1.27. The van der Waals surface area contributed by atoms with E-state index in [4.69, 9.17) is 14.5 Å². The fraction of sp³-hybridized carbons (Fsp3) is 0.786. The summed E-state index contributed by atoms with van der Waals surface area (Å²) in [4.78, 5) is 45.4. The van der Waals surface area contributed by atoms with Crippen LogP contribution in [0.1, 0.15) is 54.4 Å². The first-order valence-electron chi connectivity index (χ1n) is 6.59. The van der Waals surface area contributed by atoms with Gasteiger partial charge in [0, 0.05) is 12.8 Å². The molecular formula is C14H24O6. The third-order valence-electron chi connectivity index (χ3n) is 2.44. The molecule has 0 radical (unpaired) electrons. The molecule has 0 aromatic carbocycles. The Morgan fingerprint density at radius 3 is 1.90 bits per heavy atom. The Balaban J connectivity index is 5.27. The average Bonchev–Trinajstić information content (AvgIpc) is 2.27. The third kappa shape index (κ3) is 5.79. The van der Waals surface area contributed by atoms with Crippen molar-refractivity contribution in [3.05, 3.63) is 0 Å². The van der Waals surface area contributed by atoms with Gasteiger partial charge in [0.25, 0.3) is 5.60 Å². The molecule has 0 amide bonds. The van der Waals surface area contributed by atoms with Gasteiger partial charge in [0.05, 0.1) is 12.2 Å². The van der Waals surface area contributed by atoms with Crippen molar-refractivity contribution in [2.75, 3.05) is 6.61 Å². The van der Waals surface area contributed by atoms with Gasteiger partial charge >= 0.3 is 5.97 Å². The highest BCUT2D eigenvalue weighted by molar-refractivity contribution is 6.06. The molecule has 0 rings (SSSR count). The van der Waals surface area contributed by atoms with E-state index in [1.54, 1.807) is 27.7 Å². The van der Waals surface area contributed by atoms with Crippen LogP contribution in [0.3, 0.4) is 0 Å². The van der Waals surface area contributed by atoms with Crippen LogP contribution in [0.5, 0.6) is 0 Å². The minimum Gasteiger partial charge on any atom is -0.463 e. The molecule has 0 aromatic rings. The molecular weight excluding hydrogens is 264 g/mol. The zero-order chi connectivity index (χ0) is 16.0. The second-order valence-electron chi connectivity index (χ2n) is 5.58. The minimum atomic E-state index is -1.89. The SMILES string of the molecule is CCOC(=O)C(CCC(C)=O)(OOC(C)(C)C)C(C)=O. The van der Waals surface area contributed by atoms with E-state index in [0.717, 1.165) is 0 Å². The van der Waals surface area contributed by atoms with E-state index in [1.807, 2.05) is 0 Å². The Kier molecular flexibility index (Phi) is 7.02. The summed E-state index contributed by atoms with van der Waals surface area (Å²) in [6, 6.07) is 0. The number of hydrogen-bond donors (Lipinski definition) is 0. The van der Waals surface area contributed by atoms with Crippen LogP contribution in [0.4, 0.5) is 0 Å². The Labute approximate surface area is 119 Å². The van der Waals surface area contributed by atoms with Gasteiger partial charge in [-0.3, -0.25) is 4.79 Å². The molecule has 0 saturated carbocycles. The quantitative estimate of drug-likeness (QED) is 0.294. The van der Waals surface area contributed by atoms with Gasteiger partial charge in [-0.05, 0) is 41.5 Å². The van der Waals surface area contributed by atoms with E-state index in [1.165, 1.54) is 13.8 Å². The second-order valence-corrected chi connectivity index (χ2v) is 5.58. The van der Waals surface area contributed by atoms with Crippen LogP contribution in [0.15, 0.2) is 0 Å². The van der Waals surface area contributed by atoms with Crippen molar-refractivity contribution in [1.29, 1.82) is 0 Å². The molecule has 0 spiro atoms. The van der Waals surface area contributed by atoms with E-state index in [-0.39, 0.29) is 25.2 Å². The zero-order valence-electron chi connectivity index (χ0n) is 13.1. The van der Waals surface area contributed by atoms with E-state index >= 15 is 0 Å². The Bertz CT molecular complexity index is 368. The molecule has 1 unspecified atom stereocenters. The van der Waals surface area contributed by atoms with Crippen LogP contribution in [0, 0.1) is 0 Å². The number of carbonyl (C=O) groups excluding carboxylic acids is 3. The standard InChI is InChI=1S/C14H24O6/c1-7-18-12(17)14(11(3)16,9-8-10(2)15)20-19-13(4,5)6/h7-9H2,1-6H3. The van der Waals surface area contributed by atoms with Crippen molar-refractivity contribution in [3.8, 4) is 0 Å². The summed E-state index contributed by atoms with van der Waals surface area (Å²) in [5, 5.41) is 0. The number of carbonyl (C=O) groups is 3. The maximum absolute atomic E-state index is 12.1. The summed E-state index contributed by atoms with van der Waals surface area (Å²) in [6.07, 6.45) is -0.0848. The number of esters is 1. The van der Waals surface area contributed by atoms with Gasteiger partial charge < -0.3 is 9.53 Å². The predicted octanol–water partition coefficient (Wildman–Crippen LogP) is 1.99. The van der Waals surface area contributed by atoms with Crippen molar-refractivity contribution in [3.63, 3.8) is 0 Å². The smallest absolute Gasteiger partial charge is 0.349 e. The highest BCUT2D eigenvalue weighted by Crippen LogP contribution is 2.25. The summed E-state index contributed by atoms with van der Waals surface area (Å²) in [5.41, 5.74) is -2.60. The fourth-order valence-corrected chi connectivity index (χ4v) is 1.35. The van der Waals surface area contributed by atoms with Crippen LogP contribution in [-0.4, -0.2) is 35.3 Å². The van der Waals surface area contributed by atoms with Crippen molar-refractivity contribution in [2.45, 2.75) is 65.6 Å². The number of ketones is 2. The van der Waals surface area contributed by atoms with Gasteiger partial charge in [-0.1, -0.05) is 0 Å². The van der Waals surface area contributed by atoms with Gasteiger partial charge in [0.1, 0.15) is 5.78 Å². The Morgan fingerprint density at radius 2 is 1.55 bits per heavy atom. The normalized spacial score (nSPS) is 14.5. The molecule has 0 N–H and O–H groups in total. The maximum Gasteiger partial charge on any atom is 0.349 e. The van der Waals surface area contributed by atoms with Crippen LogP contribution < -0.4 is 0 Å². The van der Waals surface area contributed by atoms with Gasteiger partial charge in [0.15, 0.2) is 5.78 Å². The lowest BCUT2D eigenvalue weighted by molar-refractivity contribution is -0.387. The molecule has 0 aliphatic heterocycles. The lowest BCUT2D eigenvalue weighted by Crippen LogP contribution is -2.50. The lowest BCUT2D eigenvalue weighted by atomic mass is 9.92. The molecule has 6 heteroatoms. The average molecular weight is 288 g/mol. The van der Waals surface area contributed by atoms with Crippen molar-refractivity contribution in [2.24, 2.45) is 0 Å². The molecule has 6 nitrogen and oxygen atoms in total. The first kappa shape index (κ1) is 18.7. The number of hydrogen-bond acceptors (Lipinski definition) is 6. The summed E-state index contributed by atoms with van der Waals surface area (Å²) in [6.45, 7) is 9.46. The topological polar surface area (TPSA) is 78.9 Å². The monoisotopic (exact) mass is 288 g/mol. The fourth-order valence-electron chi connectivity index (χ4n) is 1.35. The minimum absolute atomic E-state index is 0.0197. The van der Waals surface area contributed by atoms with Crippen molar-refractivity contribution < 1.29 is 28.9 Å². The van der Waals surface area contributed by atoms with Gasteiger partial charge in [0.2, 0.25) is 0 Å². The number of Topliss-reactive ketones (excluding diaryl/α,β-unsaturated/α-hetero) is 2. The summed E-state index contributed by atoms with van der Waals surface area (Å²) in [5.74, 6) is -1.54. The first-order chi connectivity index (χ1) is 9.05. The van der Waals surface area contributed by atoms with Gasteiger partial charge in [-0.2, -0.15) is 0 Å². The highest BCUT2D eigenvalue weighted by Gasteiger charge is 2.48. The third-order valence-corrected chi connectivity index (χ3v) is 2.44. The van der Waals surface area contributed by atoms with E-state index in [2.05, 4.69) is 0 Å². The lowest BCUT2D eigenvalue weighted by Gasteiger charge is -2.30. The predicted molar refractivity (Wildman–Crippen MR) is 71.9 cm³/mol. The largest absolute Gasteiger partial charge is 0.463 e.